The van der Waals surface area contributed by atoms with E-state index in [1.165, 1.54) is 11.8 Å². The molecule has 0 heterocycles. The number of hydrogen-bond acceptors (Lipinski definition) is 4. The van der Waals surface area contributed by atoms with E-state index in [-0.39, 0.29) is 11.8 Å². The number of thioether (sulfide) groups is 1. The third kappa shape index (κ3) is 4.72. The minimum Gasteiger partial charge on any atom is -0.497 e. The second-order valence-electron chi connectivity index (χ2n) is 5.91. The minimum absolute atomic E-state index is 0.180. The molecular formula is C22H20N2O3S. The van der Waals surface area contributed by atoms with Gasteiger partial charge in [0.25, 0.3) is 11.8 Å². The van der Waals surface area contributed by atoms with Crippen molar-refractivity contribution in [3.8, 4) is 5.75 Å². The molecule has 0 bridgehead atoms. The number of rotatable bonds is 6. The number of methoxy groups -OCH3 is 1. The smallest absolute Gasteiger partial charge is 0.256 e. The van der Waals surface area contributed by atoms with Crippen molar-refractivity contribution >= 4 is 35.0 Å². The van der Waals surface area contributed by atoms with Gasteiger partial charge in [0.2, 0.25) is 0 Å². The fourth-order valence-electron chi connectivity index (χ4n) is 2.61. The first-order valence-electron chi connectivity index (χ1n) is 8.60. The molecular weight excluding hydrogens is 372 g/mol. The zero-order valence-corrected chi connectivity index (χ0v) is 16.4. The first-order valence-corrected chi connectivity index (χ1v) is 9.83. The number of ether oxygens (including phenoxy) is 1. The van der Waals surface area contributed by atoms with Crippen LogP contribution in [0.5, 0.6) is 5.75 Å². The van der Waals surface area contributed by atoms with Crippen molar-refractivity contribution in [1.82, 2.24) is 0 Å². The normalized spacial score (nSPS) is 10.2. The highest BCUT2D eigenvalue weighted by molar-refractivity contribution is 7.98. The van der Waals surface area contributed by atoms with Crippen molar-refractivity contribution in [2.45, 2.75) is 4.90 Å². The molecule has 0 unspecified atom stereocenters. The van der Waals surface area contributed by atoms with Gasteiger partial charge >= 0.3 is 0 Å². The summed E-state index contributed by atoms with van der Waals surface area (Å²) in [4.78, 5) is 25.8. The molecule has 28 heavy (non-hydrogen) atoms. The Balaban J connectivity index is 1.65. The van der Waals surface area contributed by atoms with E-state index >= 15 is 0 Å². The van der Waals surface area contributed by atoms with Gasteiger partial charge in [0, 0.05) is 21.8 Å². The number of carbonyl (C=O) groups excluding carboxylic acids is 2. The Morgan fingerprint density at radius 1 is 0.786 bits per heavy atom. The summed E-state index contributed by atoms with van der Waals surface area (Å²) in [6.45, 7) is 0. The number of amides is 2. The number of nitrogens with one attached hydrogen (secondary N) is 2. The Labute approximate surface area is 168 Å². The number of hydrogen-bond donors (Lipinski definition) is 2. The van der Waals surface area contributed by atoms with E-state index in [2.05, 4.69) is 10.6 Å². The van der Waals surface area contributed by atoms with Crippen molar-refractivity contribution in [3.63, 3.8) is 0 Å². The fourth-order valence-corrected chi connectivity index (χ4v) is 3.21. The SMILES string of the molecule is COc1ccc(NC(=O)c2ccc(NC(=O)c3ccccc3SC)cc2)cc1. The van der Waals surface area contributed by atoms with Crippen molar-refractivity contribution in [2.75, 3.05) is 24.0 Å². The van der Waals surface area contributed by atoms with Gasteiger partial charge in [-0.25, -0.2) is 0 Å². The number of carbonyl (C=O) groups is 2. The average molecular weight is 392 g/mol. The molecule has 0 atom stereocenters. The Morgan fingerprint density at radius 3 is 1.96 bits per heavy atom. The maximum atomic E-state index is 12.5. The summed E-state index contributed by atoms with van der Waals surface area (Å²) in [6.07, 6.45) is 1.93. The molecule has 2 N–H and O–H groups in total. The quantitative estimate of drug-likeness (QED) is 0.584. The zero-order valence-electron chi connectivity index (χ0n) is 15.6. The summed E-state index contributed by atoms with van der Waals surface area (Å²) in [7, 11) is 1.59. The number of anilines is 2. The van der Waals surface area contributed by atoms with E-state index in [1.54, 1.807) is 61.7 Å². The summed E-state index contributed by atoms with van der Waals surface area (Å²) in [5.41, 5.74) is 2.42. The lowest BCUT2D eigenvalue weighted by atomic mass is 10.1. The summed E-state index contributed by atoms with van der Waals surface area (Å²) in [6, 6.07) is 21.3. The second-order valence-corrected chi connectivity index (χ2v) is 6.76. The van der Waals surface area contributed by atoms with E-state index in [1.807, 2.05) is 24.5 Å². The molecule has 0 aliphatic rings. The van der Waals surface area contributed by atoms with Gasteiger partial charge in [-0.15, -0.1) is 11.8 Å². The highest BCUT2D eigenvalue weighted by atomic mass is 32.2. The van der Waals surface area contributed by atoms with Crippen LogP contribution in [-0.2, 0) is 0 Å². The predicted octanol–water partition coefficient (Wildman–Crippen LogP) is 4.92. The lowest BCUT2D eigenvalue weighted by Gasteiger charge is -2.10. The fraction of sp³-hybridized carbons (Fsp3) is 0.0909. The molecule has 3 aromatic rings. The van der Waals surface area contributed by atoms with E-state index in [0.717, 1.165) is 10.6 Å². The van der Waals surface area contributed by atoms with E-state index in [0.29, 0.717) is 22.5 Å². The number of benzene rings is 3. The van der Waals surface area contributed by atoms with E-state index in [4.69, 9.17) is 4.74 Å². The molecule has 0 saturated heterocycles. The summed E-state index contributed by atoms with van der Waals surface area (Å²) < 4.78 is 5.10. The molecule has 142 valence electrons. The maximum Gasteiger partial charge on any atom is 0.256 e. The Bertz CT molecular complexity index is 970. The highest BCUT2D eigenvalue weighted by Crippen LogP contribution is 2.21. The first kappa shape index (κ1) is 19.5. The van der Waals surface area contributed by atoms with Crippen LogP contribution in [0.3, 0.4) is 0 Å². The van der Waals surface area contributed by atoms with Gasteiger partial charge in [0.05, 0.1) is 12.7 Å². The highest BCUT2D eigenvalue weighted by Gasteiger charge is 2.11. The Kier molecular flexibility index (Phi) is 6.34. The molecule has 3 rings (SSSR count). The van der Waals surface area contributed by atoms with Gasteiger partial charge in [0.15, 0.2) is 0 Å². The van der Waals surface area contributed by atoms with Gasteiger partial charge in [0.1, 0.15) is 5.75 Å². The van der Waals surface area contributed by atoms with Crippen LogP contribution in [-0.4, -0.2) is 25.2 Å². The van der Waals surface area contributed by atoms with Gasteiger partial charge in [-0.1, -0.05) is 12.1 Å². The van der Waals surface area contributed by atoms with E-state index < -0.39 is 0 Å². The van der Waals surface area contributed by atoms with Crippen LogP contribution < -0.4 is 15.4 Å². The molecule has 0 radical (unpaired) electrons. The van der Waals surface area contributed by atoms with Crippen LogP contribution in [0.25, 0.3) is 0 Å². The van der Waals surface area contributed by atoms with Gasteiger partial charge in [-0.3, -0.25) is 9.59 Å². The van der Waals surface area contributed by atoms with E-state index in [9.17, 15) is 9.59 Å². The van der Waals surface area contributed by atoms with Crippen LogP contribution in [0, 0.1) is 0 Å². The Hall–Kier alpha value is -3.25. The molecule has 0 aliphatic carbocycles. The summed E-state index contributed by atoms with van der Waals surface area (Å²) in [5.74, 6) is 0.317. The van der Waals surface area contributed by atoms with Crippen LogP contribution in [0.15, 0.2) is 77.7 Å². The monoisotopic (exact) mass is 392 g/mol. The largest absolute Gasteiger partial charge is 0.497 e. The molecule has 0 aliphatic heterocycles. The van der Waals surface area contributed by atoms with Gasteiger partial charge in [-0.2, -0.15) is 0 Å². The minimum atomic E-state index is -0.226. The average Bonchev–Trinajstić information content (AvgIpc) is 2.74. The third-order valence-corrected chi connectivity index (χ3v) is 4.90. The van der Waals surface area contributed by atoms with Crippen LogP contribution in [0.1, 0.15) is 20.7 Å². The lowest BCUT2D eigenvalue weighted by molar-refractivity contribution is 0.101. The zero-order chi connectivity index (χ0) is 19.9. The van der Waals surface area contributed by atoms with Crippen LogP contribution >= 0.6 is 11.8 Å². The van der Waals surface area contributed by atoms with Gasteiger partial charge < -0.3 is 15.4 Å². The molecule has 6 heteroatoms. The molecule has 0 saturated carbocycles. The lowest BCUT2D eigenvalue weighted by Crippen LogP contribution is -2.14. The topological polar surface area (TPSA) is 67.4 Å². The van der Waals surface area contributed by atoms with Crippen molar-refractivity contribution < 1.29 is 14.3 Å². The van der Waals surface area contributed by atoms with Crippen molar-refractivity contribution in [1.29, 1.82) is 0 Å². The molecule has 3 aromatic carbocycles. The molecule has 0 aromatic heterocycles. The van der Waals surface area contributed by atoms with Crippen molar-refractivity contribution in [3.05, 3.63) is 83.9 Å². The molecule has 2 amide bonds. The second kappa shape index (κ2) is 9.10. The standard InChI is InChI=1S/C22H20N2O3S/c1-27-18-13-11-17(12-14-18)23-21(25)15-7-9-16(10-8-15)24-22(26)19-5-3-4-6-20(19)28-2/h3-14H,1-2H3,(H,23,25)(H,24,26). The summed E-state index contributed by atoms with van der Waals surface area (Å²) in [5, 5.41) is 5.69. The Morgan fingerprint density at radius 2 is 1.36 bits per heavy atom. The predicted molar refractivity (Wildman–Crippen MR) is 114 cm³/mol. The first-order chi connectivity index (χ1) is 13.6. The summed E-state index contributed by atoms with van der Waals surface area (Å²) >= 11 is 1.52. The molecule has 0 spiro atoms. The van der Waals surface area contributed by atoms with Gasteiger partial charge in [-0.05, 0) is 66.9 Å². The molecule has 5 nitrogen and oxygen atoms in total. The van der Waals surface area contributed by atoms with Crippen LogP contribution in [0.2, 0.25) is 0 Å². The maximum absolute atomic E-state index is 12.5. The molecule has 0 fully saturated rings. The van der Waals surface area contributed by atoms with Crippen LogP contribution in [0.4, 0.5) is 11.4 Å². The van der Waals surface area contributed by atoms with Crippen molar-refractivity contribution in [2.24, 2.45) is 0 Å². The third-order valence-electron chi connectivity index (χ3n) is 4.10.